The van der Waals surface area contributed by atoms with Crippen molar-refractivity contribution in [1.29, 1.82) is 0 Å². The number of carbonyl (C=O) groups excluding carboxylic acids is 2. The standard InChI is InChI=1S/C15H16F2N2O3/c1-4-22-14(20)12-8(2)19(3)15(21)18-13(12)9-5-6-10(16)11(17)7-9/h5-7,13H,4H2,1-3H3,(H,18,21)/t13-/m0/s1. The van der Waals surface area contributed by atoms with E-state index >= 15 is 0 Å². The molecule has 1 aliphatic rings. The maximum Gasteiger partial charge on any atom is 0.338 e. The Labute approximate surface area is 126 Å². The zero-order valence-corrected chi connectivity index (χ0v) is 12.4. The first kappa shape index (κ1) is 15.9. The zero-order chi connectivity index (χ0) is 16.4. The SMILES string of the molecule is CCOC(=O)C1=C(C)N(C)C(=O)N[C@H]1c1ccc(F)c(F)c1. The van der Waals surface area contributed by atoms with Crippen molar-refractivity contribution < 1.29 is 23.1 Å². The van der Waals surface area contributed by atoms with Crippen molar-refractivity contribution in [2.24, 2.45) is 0 Å². The summed E-state index contributed by atoms with van der Waals surface area (Å²) in [5.74, 6) is -2.66. The summed E-state index contributed by atoms with van der Waals surface area (Å²) in [6.07, 6.45) is 0. The molecule has 1 heterocycles. The van der Waals surface area contributed by atoms with Crippen molar-refractivity contribution in [2.75, 3.05) is 13.7 Å². The molecule has 118 valence electrons. The number of ether oxygens (including phenoxy) is 1. The molecule has 1 N–H and O–H groups in total. The van der Waals surface area contributed by atoms with Gasteiger partial charge in [-0.15, -0.1) is 0 Å². The van der Waals surface area contributed by atoms with Gasteiger partial charge in [0.05, 0.1) is 18.2 Å². The average molecular weight is 310 g/mol. The number of hydrogen-bond donors (Lipinski definition) is 1. The molecule has 0 unspecified atom stereocenters. The van der Waals surface area contributed by atoms with Gasteiger partial charge in [0.15, 0.2) is 11.6 Å². The van der Waals surface area contributed by atoms with Crippen LogP contribution in [0.2, 0.25) is 0 Å². The molecule has 0 aliphatic carbocycles. The molecule has 2 amide bonds. The summed E-state index contributed by atoms with van der Waals surface area (Å²) in [6, 6.07) is 1.89. The first-order valence-electron chi connectivity index (χ1n) is 6.73. The van der Waals surface area contributed by atoms with E-state index in [-0.39, 0.29) is 17.7 Å². The Kier molecular flexibility index (Phi) is 4.44. The van der Waals surface area contributed by atoms with E-state index in [1.165, 1.54) is 18.0 Å². The first-order valence-corrected chi connectivity index (χ1v) is 6.73. The summed E-state index contributed by atoms with van der Waals surface area (Å²) in [5, 5.41) is 2.59. The number of carbonyl (C=O) groups is 2. The molecule has 1 aromatic carbocycles. The Morgan fingerprint density at radius 1 is 1.36 bits per heavy atom. The van der Waals surface area contributed by atoms with Crippen LogP contribution in [0.25, 0.3) is 0 Å². The van der Waals surface area contributed by atoms with Crippen LogP contribution in [0.1, 0.15) is 25.5 Å². The molecule has 1 atom stereocenters. The Bertz CT molecular complexity index is 658. The predicted octanol–water partition coefficient (Wildman–Crippen LogP) is 2.50. The molecule has 1 aliphatic heterocycles. The second-order valence-corrected chi connectivity index (χ2v) is 4.83. The summed E-state index contributed by atoms with van der Waals surface area (Å²) < 4.78 is 31.5. The van der Waals surface area contributed by atoms with E-state index < -0.39 is 29.7 Å². The van der Waals surface area contributed by atoms with Gasteiger partial charge in [0.25, 0.3) is 0 Å². The van der Waals surface area contributed by atoms with Gasteiger partial charge in [0.1, 0.15) is 0 Å². The third-order valence-corrected chi connectivity index (χ3v) is 3.53. The summed E-state index contributed by atoms with van der Waals surface area (Å²) in [7, 11) is 1.51. The fourth-order valence-electron chi connectivity index (χ4n) is 2.25. The number of rotatable bonds is 3. The molecule has 2 rings (SSSR count). The van der Waals surface area contributed by atoms with Gasteiger partial charge in [-0.3, -0.25) is 0 Å². The van der Waals surface area contributed by atoms with Crippen LogP contribution < -0.4 is 5.32 Å². The lowest BCUT2D eigenvalue weighted by molar-refractivity contribution is -0.139. The highest BCUT2D eigenvalue weighted by molar-refractivity contribution is 5.94. The quantitative estimate of drug-likeness (QED) is 0.873. The maximum absolute atomic E-state index is 13.5. The van der Waals surface area contributed by atoms with Gasteiger partial charge < -0.3 is 15.0 Å². The minimum Gasteiger partial charge on any atom is -0.463 e. The molecule has 0 saturated heterocycles. The molecule has 0 bridgehead atoms. The van der Waals surface area contributed by atoms with E-state index in [1.54, 1.807) is 13.8 Å². The minimum absolute atomic E-state index is 0.164. The Morgan fingerprint density at radius 2 is 2.05 bits per heavy atom. The van der Waals surface area contributed by atoms with Crippen molar-refractivity contribution in [3.63, 3.8) is 0 Å². The summed E-state index contributed by atoms with van der Waals surface area (Å²) in [5.41, 5.74) is 0.856. The van der Waals surface area contributed by atoms with Crippen molar-refractivity contribution in [3.05, 3.63) is 46.7 Å². The van der Waals surface area contributed by atoms with E-state index in [0.717, 1.165) is 12.1 Å². The predicted molar refractivity (Wildman–Crippen MR) is 74.7 cm³/mol. The fraction of sp³-hybridized carbons (Fsp3) is 0.333. The Balaban J connectivity index is 2.53. The number of amides is 2. The monoisotopic (exact) mass is 310 g/mol. The zero-order valence-electron chi connectivity index (χ0n) is 12.4. The van der Waals surface area contributed by atoms with Gasteiger partial charge in [-0.2, -0.15) is 0 Å². The molecule has 0 aromatic heterocycles. The number of nitrogens with zero attached hydrogens (tertiary/aromatic N) is 1. The van der Waals surface area contributed by atoms with Crippen LogP contribution in [0.5, 0.6) is 0 Å². The lowest BCUT2D eigenvalue weighted by Gasteiger charge is -2.33. The largest absolute Gasteiger partial charge is 0.463 e. The molecule has 5 nitrogen and oxygen atoms in total. The highest BCUT2D eigenvalue weighted by atomic mass is 19.2. The number of esters is 1. The molecule has 0 fully saturated rings. The van der Waals surface area contributed by atoms with Crippen LogP contribution in [-0.2, 0) is 9.53 Å². The maximum atomic E-state index is 13.5. The first-order chi connectivity index (χ1) is 10.4. The van der Waals surface area contributed by atoms with Crippen LogP contribution in [0, 0.1) is 11.6 Å². The van der Waals surface area contributed by atoms with E-state index in [2.05, 4.69) is 5.32 Å². The van der Waals surface area contributed by atoms with Gasteiger partial charge in [-0.1, -0.05) is 6.07 Å². The van der Waals surface area contributed by atoms with Crippen LogP contribution in [0.4, 0.5) is 13.6 Å². The molecule has 0 radical (unpaired) electrons. The van der Waals surface area contributed by atoms with Crippen molar-refractivity contribution in [1.82, 2.24) is 10.2 Å². The molecule has 7 heteroatoms. The van der Waals surface area contributed by atoms with E-state index in [1.807, 2.05) is 0 Å². The topological polar surface area (TPSA) is 58.6 Å². The normalized spacial score (nSPS) is 18.3. The second-order valence-electron chi connectivity index (χ2n) is 4.83. The van der Waals surface area contributed by atoms with Crippen molar-refractivity contribution >= 4 is 12.0 Å². The average Bonchev–Trinajstić information content (AvgIpc) is 2.47. The van der Waals surface area contributed by atoms with Crippen molar-refractivity contribution in [3.8, 4) is 0 Å². The third kappa shape index (κ3) is 2.79. The van der Waals surface area contributed by atoms with E-state index in [4.69, 9.17) is 4.74 Å². The molecule has 0 spiro atoms. The molecular weight excluding hydrogens is 294 g/mol. The van der Waals surface area contributed by atoms with Gasteiger partial charge in [-0.05, 0) is 31.5 Å². The minimum atomic E-state index is -1.05. The van der Waals surface area contributed by atoms with Gasteiger partial charge in [0, 0.05) is 12.7 Å². The number of allylic oxidation sites excluding steroid dienone is 1. The Morgan fingerprint density at radius 3 is 2.64 bits per heavy atom. The van der Waals surface area contributed by atoms with Crippen LogP contribution in [-0.4, -0.2) is 30.6 Å². The lowest BCUT2D eigenvalue weighted by atomic mass is 9.95. The second kappa shape index (κ2) is 6.13. The lowest BCUT2D eigenvalue weighted by Crippen LogP contribution is -2.46. The highest BCUT2D eigenvalue weighted by Gasteiger charge is 2.35. The van der Waals surface area contributed by atoms with Crippen LogP contribution in [0.15, 0.2) is 29.5 Å². The van der Waals surface area contributed by atoms with Crippen molar-refractivity contribution in [2.45, 2.75) is 19.9 Å². The molecule has 22 heavy (non-hydrogen) atoms. The highest BCUT2D eigenvalue weighted by Crippen LogP contribution is 2.31. The number of halogens is 2. The molecule has 1 aromatic rings. The van der Waals surface area contributed by atoms with Gasteiger partial charge >= 0.3 is 12.0 Å². The fourth-order valence-corrected chi connectivity index (χ4v) is 2.25. The van der Waals surface area contributed by atoms with Gasteiger partial charge in [-0.25, -0.2) is 18.4 Å². The summed E-state index contributed by atoms with van der Waals surface area (Å²) >= 11 is 0. The number of benzene rings is 1. The number of urea groups is 1. The smallest absolute Gasteiger partial charge is 0.338 e. The van der Waals surface area contributed by atoms with E-state index in [0.29, 0.717) is 5.70 Å². The Hall–Kier alpha value is -2.44. The molecular formula is C15H16F2N2O3. The number of hydrogen-bond acceptors (Lipinski definition) is 3. The summed E-state index contributed by atoms with van der Waals surface area (Å²) in [4.78, 5) is 25.4. The molecule has 0 saturated carbocycles. The van der Waals surface area contributed by atoms with Crippen LogP contribution in [0.3, 0.4) is 0 Å². The van der Waals surface area contributed by atoms with E-state index in [9.17, 15) is 18.4 Å². The van der Waals surface area contributed by atoms with Gasteiger partial charge in [0.2, 0.25) is 0 Å². The third-order valence-electron chi connectivity index (χ3n) is 3.53. The number of nitrogens with one attached hydrogen (secondary N) is 1. The van der Waals surface area contributed by atoms with Crippen LogP contribution >= 0.6 is 0 Å². The summed E-state index contributed by atoms with van der Waals surface area (Å²) in [6.45, 7) is 3.42.